The first-order valence-corrected chi connectivity index (χ1v) is 7.88. The first-order valence-electron chi connectivity index (χ1n) is 7.88. The highest BCUT2D eigenvalue weighted by Crippen LogP contribution is 2.10. The minimum absolute atomic E-state index is 0.256. The standard InChI is InChI=1S/C19H19F2NO3/c1-12(22-18(23)14-3-7-16(20)8-4-14)11-13(2)25-19(24)15-5-9-17(21)10-6-15/h3-10,12-13H,11H2,1-2H3,(H,22,23). The van der Waals surface area contributed by atoms with Crippen LogP contribution in [0.5, 0.6) is 0 Å². The molecule has 132 valence electrons. The molecule has 0 aliphatic heterocycles. The van der Waals surface area contributed by atoms with Gasteiger partial charge in [-0.25, -0.2) is 13.6 Å². The molecule has 2 rings (SSSR count). The summed E-state index contributed by atoms with van der Waals surface area (Å²) in [6.45, 7) is 3.49. The lowest BCUT2D eigenvalue weighted by atomic mass is 10.1. The summed E-state index contributed by atoms with van der Waals surface area (Å²) in [5.74, 6) is -1.72. The molecule has 0 radical (unpaired) electrons. The van der Waals surface area contributed by atoms with Crippen molar-refractivity contribution in [1.82, 2.24) is 5.32 Å². The number of benzene rings is 2. The van der Waals surface area contributed by atoms with Crippen molar-refractivity contribution in [3.63, 3.8) is 0 Å². The molecular formula is C19H19F2NO3. The fraction of sp³-hybridized carbons (Fsp3) is 0.263. The molecule has 1 N–H and O–H groups in total. The van der Waals surface area contributed by atoms with Crippen LogP contribution in [-0.4, -0.2) is 24.0 Å². The summed E-state index contributed by atoms with van der Waals surface area (Å²) >= 11 is 0. The van der Waals surface area contributed by atoms with Gasteiger partial charge in [0.15, 0.2) is 0 Å². The number of hydrogen-bond acceptors (Lipinski definition) is 3. The van der Waals surface area contributed by atoms with Crippen LogP contribution in [0, 0.1) is 11.6 Å². The second-order valence-corrected chi connectivity index (χ2v) is 5.84. The lowest BCUT2D eigenvalue weighted by molar-refractivity contribution is 0.0308. The Balaban J connectivity index is 1.83. The first kappa shape index (κ1) is 18.6. The highest BCUT2D eigenvalue weighted by atomic mass is 19.1. The summed E-state index contributed by atoms with van der Waals surface area (Å²) in [5.41, 5.74) is 0.612. The van der Waals surface area contributed by atoms with Crippen molar-refractivity contribution in [2.75, 3.05) is 0 Å². The van der Waals surface area contributed by atoms with Crippen LogP contribution >= 0.6 is 0 Å². The molecule has 4 nitrogen and oxygen atoms in total. The Kier molecular flexibility index (Phi) is 6.22. The van der Waals surface area contributed by atoms with Crippen molar-refractivity contribution in [3.05, 3.63) is 71.3 Å². The monoisotopic (exact) mass is 347 g/mol. The van der Waals surface area contributed by atoms with Gasteiger partial charge in [-0.2, -0.15) is 0 Å². The average Bonchev–Trinajstić information content (AvgIpc) is 2.55. The zero-order chi connectivity index (χ0) is 18.4. The molecule has 6 heteroatoms. The number of carbonyl (C=O) groups excluding carboxylic acids is 2. The second kappa shape index (κ2) is 8.37. The fourth-order valence-corrected chi connectivity index (χ4v) is 2.35. The average molecular weight is 347 g/mol. The Labute approximate surface area is 144 Å². The molecule has 0 fully saturated rings. The number of carbonyl (C=O) groups is 2. The van der Waals surface area contributed by atoms with Gasteiger partial charge in [-0.15, -0.1) is 0 Å². The van der Waals surface area contributed by atoms with Crippen LogP contribution in [0.4, 0.5) is 8.78 Å². The Morgan fingerprint density at radius 1 is 0.920 bits per heavy atom. The van der Waals surface area contributed by atoms with E-state index in [1.54, 1.807) is 13.8 Å². The first-order chi connectivity index (χ1) is 11.8. The largest absolute Gasteiger partial charge is 0.459 e. The van der Waals surface area contributed by atoms with E-state index in [1.165, 1.54) is 48.5 Å². The van der Waals surface area contributed by atoms with Crippen LogP contribution in [0.2, 0.25) is 0 Å². The summed E-state index contributed by atoms with van der Waals surface area (Å²) in [4.78, 5) is 24.0. The number of hydrogen-bond donors (Lipinski definition) is 1. The number of esters is 1. The number of halogens is 2. The third kappa shape index (κ3) is 5.67. The molecule has 0 saturated carbocycles. The number of ether oxygens (including phenoxy) is 1. The van der Waals surface area contributed by atoms with Gasteiger partial charge >= 0.3 is 5.97 Å². The van der Waals surface area contributed by atoms with Crippen LogP contribution in [0.15, 0.2) is 48.5 Å². The maximum Gasteiger partial charge on any atom is 0.338 e. The van der Waals surface area contributed by atoms with Crippen LogP contribution in [-0.2, 0) is 4.74 Å². The Hall–Kier alpha value is -2.76. The highest BCUT2D eigenvalue weighted by Gasteiger charge is 2.17. The molecule has 0 aliphatic carbocycles. The zero-order valence-corrected chi connectivity index (χ0v) is 14.0. The van der Waals surface area contributed by atoms with Crippen LogP contribution in [0.3, 0.4) is 0 Å². The molecule has 2 unspecified atom stereocenters. The van der Waals surface area contributed by atoms with Gasteiger partial charge in [-0.3, -0.25) is 4.79 Å². The maximum atomic E-state index is 12.9. The molecule has 0 spiro atoms. The van der Waals surface area contributed by atoms with E-state index >= 15 is 0 Å². The summed E-state index contributed by atoms with van der Waals surface area (Å²) in [6, 6.07) is 10.0. The van der Waals surface area contributed by atoms with Crippen molar-refractivity contribution in [1.29, 1.82) is 0 Å². The molecular weight excluding hydrogens is 328 g/mol. The van der Waals surface area contributed by atoms with Gasteiger partial charge in [0.1, 0.15) is 17.7 Å². The van der Waals surface area contributed by atoms with Gasteiger partial charge in [-0.1, -0.05) is 0 Å². The molecule has 0 saturated heterocycles. The van der Waals surface area contributed by atoms with E-state index in [2.05, 4.69) is 5.32 Å². The van der Waals surface area contributed by atoms with Crippen molar-refractivity contribution in [2.24, 2.45) is 0 Å². The van der Waals surface area contributed by atoms with Gasteiger partial charge < -0.3 is 10.1 Å². The number of nitrogens with one attached hydrogen (secondary N) is 1. The number of amides is 1. The van der Waals surface area contributed by atoms with Crippen molar-refractivity contribution in [2.45, 2.75) is 32.4 Å². The molecule has 0 aromatic heterocycles. The summed E-state index contributed by atoms with van der Waals surface area (Å²) in [5, 5.41) is 2.76. The lowest BCUT2D eigenvalue weighted by Crippen LogP contribution is -2.35. The number of rotatable bonds is 6. The molecule has 0 aliphatic rings. The van der Waals surface area contributed by atoms with E-state index in [-0.39, 0.29) is 17.5 Å². The quantitative estimate of drug-likeness (QED) is 0.811. The third-order valence-corrected chi connectivity index (χ3v) is 3.56. The molecule has 2 aromatic carbocycles. The highest BCUT2D eigenvalue weighted by molar-refractivity contribution is 5.94. The SMILES string of the molecule is CC(CC(C)OC(=O)c1ccc(F)cc1)NC(=O)c1ccc(F)cc1. The van der Waals surface area contributed by atoms with E-state index in [0.29, 0.717) is 12.0 Å². The van der Waals surface area contributed by atoms with E-state index in [0.717, 1.165) is 0 Å². The molecule has 0 bridgehead atoms. The van der Waals surface area contributed by atoms with Crippen LogP contribution in [0.1, 0.15) is 41.0 Å². The van der Waals surface area contributed by atoms with Gasteiger partial charge in [0.05, 0.1) is 5.56 Å². The Bertz CT molecular complexity index is 666. The fourth-order valence-electron chi connectivity index (χ4n) is 2.35. The van der Waals surface area contributed by atoms with E-state index in [4.69, 9.17) is 4.74 Å². The predicted molar refractivity (Wildman–Crippen MR) is 89.2 cm³/mol. The molecule has 25 heavy (non-hydrogen) atoms. The minimum Gasteiger partial charge on any atom is -0.459 e. The molecule has 0 heterocycles. The maximum absolute atomic E-state index is 12.9. The van der Waals surface area contributed by atoms with E-state index in [1.807, 2.05) is 0 Å². The molecule has 2 aromatic rings. The summed E-state index contributed by atoms with van der Waals surface area (Å²) < 4.78 is 31.0. The van der Waals surface area contributed by atoms with Gasteiger partial charge in [-0.05, 0) is 62.4 Å². The normalized spacial score (nSPS) is 13.0. The van der Waals surface area contributed by atoms with E-state index in [9.17, 15) is 18.4 Å². The Morgan fingerprint density at radius 2 is 1.40 bits per heavy atom. The molecule has 1 amide bonds. The van der Waals surface area contributed by atoms with Crippen LogP contribution < -0.4 is 5.32 Å². The van der Waals surface area contributed by atoms with Crippen LogP contribution in [0.25, 0.3) is 0 Å². The lowest BCUT2D eigenvalue weighted by Gasteiger charge is -2.19. The van der Waals surface area contributed by atoms with Crippen molar-refractivity contribution < 1.29 is 23.1 Å². The van der Waals surface area contributed by atoms with E-state index < -0.39 is 23.7 Å². The topological polar surface area (TPSA) is 55.4 Å². The van der Waals surface area contributed by atoms with Gasteiger partial charge in [0, 0.05) is 18.0 Å². The summed E-state index contributed by atoms with van der Waals surface area (Å²) in [6.07, 6.45) is -0.0408. The van der Waals surface area contributed by atoms with Crippen molar-refractivity contribution in [3.8, 4) is 0 Å². The smallest absolute Gasteiger partial charge is 0.338 e. The van der Waals surface area contributed by atoms with Gasteiger partial charge in [0.25, 0.3) is 5.91 Å². The zero-order valence-electron chi connectivity index (χ0n) is 14.0. The predicted octanol–water partition coefficient (Wildman–Crippen LogP) is 3.72. The van der Waals surface area contributed by atoms with Crippen molar-refractivity contribution >= 4 is 11.9 Å². The molecule has 2 atom stereocenters. The minimum atomic E-state index is -0.551. The second-order valence-electron chi connectivity index (χ2n) is 5.84. The van der Waals surface area contributed by atoms with Gasteiger partial charge in [0.2, 0.25) is 0 Å². The third-order valence-electron chi connectivity index (χ3n) is 3.56. The summed E-state index contributed by atoms with van der Waals surface area (Å²) in [7, 11) is 0. The Morgan fingerprint density at radius 3 is 1.92 bits per heavy atom.